The van der Waals surface area contributed by atoms with Gasteiger partial charge in [0.1, 0.15) is 23.7 Å². The van der Waals surface area contributed by atoms with Crippen LogP contribution in [-0.4, -0.2) is 158 Å². The molecule has 440 valence electrons. The molecule has 4 aromatic rings. The van der Waals surface area contributed by atoms with Crippen molar-refractivity contribution in [2.45, 2.75) is 134 Å². The van der Waals surface area contributed by atoms with E-state index < -0.39 is 23.5 Å². The number of benzene rings is 4. The molecule has 0 spiro atoms. The first-order valence-corrected chi connectivity index (χ1v) is 30.0. The van der Waals surface area contributed by atoms with Gasteiger partial charge < -0.3 is 45.0 Å². The van der Waals surface area contributed by atoms with Crippen molar-refractivity contribution in [3.8, 4) is 11.1 Å². The first-order valence-electron chi connectivity index (χ1n) is 30.0. The van der Waals surface area contributed by atoms with E-state index in [1.165, 1.54) is 24.3 Å². The van der Waals surface area contributed by atoms with E-state index in [2.05, 4.69) is 16.0 Å². The van der Waals surface area contributed by atoms with E-state index in [1.807, 2.05) is 41.0 Å². The lowest BCUT2D eigenvalue weighted by atomic mass is 9.85. The number of carbonyl (C=O) groups is 6. The summed E-state index contributed by atoms with van der Waals surface area (Å²) < 4.78 is 39.2. The molecule has 5 atom stereocenters. The summed E-state index contributed by atoms with van der Waals surface area (Å²) in [6, 6.07) is 24.8. The minimum Gasteiger partial charge on any atom is -0.381 e. The molecule has 9 rings (SSSR count). The molecule has 4 aliphatic heterocycles. The molecule has 5 fully saturated rings. The minimum absolute atomic E-state index is 0.0557. The zero-order valence-electron chi connectivity index (χ0n) is 48.1. The maximum absolute atomic E-state index is 14.8. The third-order valence-corrected chi connectivity index (χ3v) is 18.2. The molecular formula is C65H83F2N7O8. The van der Waals surface area contributed by atoms with Crippen molar-refractivity contribution in [3.05, 3.63) is 131 Å². The lowest BCUT2D eigenvalue weighted by molar-refractivity contribution is -0.142. The molecular weight excluding hydrogens is 1040 g/mol. The fourth-order valence-electron chi connectivity index (χ4n) is 12.8. The van der Waals surface area contributed by atoms with Gasteiger partial charge >= 0.3 is 0 Å². The van der Waals surface area contributed by atoms with E-state index in [0.717, 1.165) is 60.8 Å². The molecule has 0 radical (unpaired) electrons. The van der Waals surface area contributed by atoms with Crippen LogP contribution < -0.4 is 16.0 Å². The Morgan fingerprint density at radius 1 is 0.573 bits per heavy atom. The molecule has 0 unspecified atom stereocenters. The third kappa shape index (κ3) is 15.0. The fraction of sp³-hybridized carbons (Fsp3) is 0.538. The molecule has 82 heavy (non-hydrogen) atoms. The van der Waals surface area contributed by atoms with Crippen molar-refractivity contribution >= 4 is 35.4 Å². The maximum atomic E-state index is 14.8. The van der Waals surface area contributed by atoms with Crippen molar-refractivity contribution in [1.82, 2.24) is 35.6 Å². The molecule has 17 heteroatoms. The predicted molar refractivity (Wildman–Crippen MR) is 309 cm³/mol. The number of nitrogens with zero attached hydrogens (tertiary/aromatic N) is 4. The van der Waals surface area contributed by atoms with Gasteiger partial charge in [-0.05, 0) is 174 Å². The zero-order chi connectivity index (χ0) is 57.8. The molecule has 0 aromatic heterocycles. The van der Waals surface area contributed by atoms with Gasteiger partial charge in [0.2, 0.25) is 23.6 Å². The standard InChI is InChI=1S/C65H83F2N7O8/c1-44(68-3)59(75)69-57(49-28-38-81-39-29-49)62(78)73-34-6-8-55(73)42-71(36-26-45-10-22-53(66)23-11-45)60(76)51-18-14-47(15-19-51)48-16-20-52(21-17-48)61(77)72(37-27-46-12-24-54(67)25-13-46)43-56-9-7-35-74(56)63(79)58(50-30-40-82-41-31-50)70-64(80)65(2)32-4-5-33-65/h10-25,44,49-50,55-58,68H,4-9,26-43H2,1-3H3,(H,69,75)(H,70,80)/t44-,55-,56-,57-,58-/m0/s1. The van der Waals surface area contributed by atoms with E-state index in [1.54, 1.807) is 72.3 Å². The highest BCUT2D eigenvalue weighted by Crippen LogP contribution is 2.38. The number of likely N-dealkylation sites (tertiary alicyclic amines) is 2. The molecule has 4 saturated heterocycles. The van der Waals surface area contributed by atoms with Gasteiger partial charge in [0.05, 0.1) is 6.04 Å². The number of ether oxygens (including phenoxy) is 2. The second-order valence-electron chi connectivity index (χ2n) is 23.7. The second kappa shape index (κ2) is 28.1. The average Bonchev–Trinajstić information content (AvgIpc) is 4.49. The van der Waals surface area contributed by atoms with Crippen LogP contribution >= 0.6 is 0 Å². The van der Waals surface area contributed by atoms with Crippen molar-refractivity contribution in [2.24, 2.45) is 17.3 Å². The first kappa shape index (κ1) is 60.0. The van der Waals surface area contributed by atoms with Gasteiger partial charge in [0.25, 0.3) is 11.8 Å². The number of amides is 6. The lowest BCUT2D eigenvalue weighted by Gasteiger charge is -2.37. The molecule has 0 bridgehead atoms. The summed E-state index contributed by atoms with van der Waals surface area (Å²) in [5.74, 6) is -1.80. The molecule has 4 heterocycles. The number of likely N-dealkylation sites (N-methyl/N-ethyl adjacent to an activating group) is 1. The molecule has 1 saturated carbocycles. The lowest BCUT2D eigenvalue weighted by Crippen LogP contribution is -2.58. The van der Waals surface area contributed by atoms with Gasteiger partial charge in [-0.3, -0.25) is 28.8 Å². The van der Waals surface area contributed by atoms with Crippen molar-refractivity contribution in [2.75, 3.05) is 72.7 Å². The summed E-state index contributed by atoms with van der Waals surface area (Å²) in [5.41, 5.74) is 3.83. The van der Waals surface area contributed by atoms with Crippen molar-refractivity contribution < 1.29 is 47.0 Å². The Morgan fingerprint density at radius 2 is 0.976 bits per heavy atom. The van der Waals surface area contributed by atoms with Crippen LogP contribution in [0, 0.1) is 28.9 Å². The minimum atomic E-state index is -0.727. The first-order chi connectivity index (χ1) is 39.7. The Morgan fingerprint density at radius 3 is 1.38 bits per heavy atom. The van der Waals surface area contributed by atoms with Gasteiger partial charge in [-0.2, -0.15) is 0 Å². The molecule has 15 nitrogen and oxygen atoms in total. The second-order valence-corrected chi connectivity index (χ2v) is 23.7. The third-order valence-electron chi connectivity index (χ3n) is 18.2. The summed E-state index contributed by atoms with van der Waals surface area (Å²) in [4.78, 5) is 93.2. The van der Waals surface area contributed by atoms with E-state index in [-0.39, 0.29) is 84.1 Å². The van der Waals surface area contributed by atoms with E-state index in [0.29, 0.717) is 115 Å². The van der Waals surface area contributed by atoms with E-state index in [4.69, 9.17) is 9.47 Å². The number of hydrogen-bond donors (Lipinski definition) is 3. The number of carbonyl (C=O) groups excluding carboxylic acids is 6. The summed E-state index contributed by atoms with van der Waals surface area (Å²) in [6.45, 7) is 8.11. The fourth-order valence-corrected chi connectivity index (χ4v) is 12.8. The number of hydrogen-bond acceptors (Lipinski definition) is 9. The van der Waals surface area contributed by atoms with Crippen LogP contribution in [0.15, 0.2) is 97.1 Å². The molecule has 5 aliphatic rings. The highest BCUT2D eigenvalue weighted by Gasteiger charge is 2.44. The van der Waals surface area contributed by atoms with Crippen LogP contribution in [0.3, 0.4) is 0 Å². The number of rotatable bonds is 22. The SMILES string of the molecule is CN[C@@H](C)C(=O)N[C@H](C(=O)N1CCC[C@H]1CN(CCc1ccc(F)cc1)C(=O)c1ccc(-c2ccc(C(=O)N(CCc3ccc(F)cc3)C[C@@H]3CCCN3C(=O)[C@@H](NC(=O)C3(C)CCCC3)C3CCOCC3)cc2)cc1)C1CCOCC1. The van der Waals surface area contributed by atoms with Gasteiger partial charge in [0.15, 0.2) is 0 Å². The average molecular weight is 1130 g/mol. The Hall–Kier alpha value is -6.56. The molecule has 1 aliphatic carbocycles. The zero-order valence-corrected chi connectivity index (χ0v) is 48.1. The van der Waals surface area contributed by atoms with Gasteiger partial charge in [-0.15, -0.1) is 0 Å². The van der Waals surface area contributed by atoms with Crippen LogP contribution in [0.2, 0.25) is 0 Å². The number of halogens is 2. The smallest absolute Gasteiger partial charge is 0.253 e. The monoisotopic (exact) mass is 1130 g/mol. The van der Waals surface area contributed by atoms with Crippen molar-refractivity contribution in [1.29, 1.82) is 0 Å². The van der Waals surface area contributed by atoms with Gasteiger partial charge in [-0.25, -0.2) is 8.78 Å². The quantitative estimate of drug-likeness (QED) is 0.0706. The van der Waals surface area contributed by atoms with Crippen LogP contribution in [-0.2, 0) is 41.5 Å². The molecule has 4 aromatic carbocycles. The highest BCUT2D eigenvalue weighted by atomic mass is 19.1. The molecule has 6 amide bonds. The Balaban J connectivity index is 0.902. The van der Waals surface area contributed by atoms with Gasteiger partial charge in [0, 0.05) is 94.3 Å². The van der Waals surface area contributed by atoms with Crippen LogP contribution in [0.25, 0.3) is 11.1 Å². The van der Waals surface area contributed by atoms with Crippen LogP contribution in [0.4, 0.5) is 8.78 Å². The predicted octanol–water partition coefficient (Wildman–Crippen LogP) is 7.99. The summed E-state index contributed by atoms with van der Waals surface area (Å²) in [5, 5.41) is 9.28. The topological polar surface area (TPSA) is 170 Å². The Kier molecular flexibility index (Phi) is 20.6. The van der Waals surface area contributed by atoms with Crippen molar-refractivity contribution in [3.63, 3.8) is 0 Å². The molecule has 3 N–H and O–H groups in total. The van der Waals surface area contributed by atoms with Crippen LogP contribution in [0.5, 0.6) is 0 Å². The highest BCUT2D eigenvalue weighted by molar-refractivity contribution is 5.96. The maximum Gasteiger partial charge on any atom is 0.253 e. The van der Waals surface area contributed by atoms with Gasteiger partial charge in [-0.1, -0.05) is 68.3 Å². The Labute approximate surface area is 482 Å². The summed E-state index contributed by atoms with van der Waals surface area (Å²) >= 11 is 0. The van der Waals surface area contributed by atoms with E-state index >= 15 is 0 Å². The summed E-state index contributed by atoms with van der Waals surface area (Å²) in [7, 11) is 1.71. The largest absolute Gasteiger partial charge is 0.381 e. The normalized spacial score (nSPS) is 20.5. The number of nitrogens with one attached hydrogen (secondary N) is 3. The Bertz CT molecular complexity index is 2800. The van der Waals surface area contributed by atoms with E-state index in [9.17, 15) is 37.5 Å². The van der Waals surface area contributed by atoms with Crippen LogP contribution in [0.1, 0.15) is 123 Å². The summed E-state index contributed by atoms with van der Waals surface area (Å²) in [6.07, 6.45) is 10.1.